The summed E-state index contributed by atoms with van der Waals surface area (Å²) in [6.45, 7) is 5.03. The molecule has 1 amide bonds. The number of benzene rings is 1. The molecule has 0 saturated heterocycles. The molecule has 0 atom stereocenters. The number of halogens is 1. The lowest BCUT2D eigenvalue weighted by Crippen LogP contribution is -2.40. The Labute approximate surface area is 142 Å². The van der Waals surface area contributed by atoms with E-state index in [2.05, 4.69) is 21.0 Å². The highest BCUT2D eigenvalue weighted by Gasteiger charge is 2.25. The lowest BCUT2D eigenvalue weighted by atomic mass is 10.2. The molecule has 122 valence electrons. The van der Waals surface area contributed by atoms with Crippen molar-refractivity contribution in [1.29, 1.82) is 0 Å². The predicted octanol–water partition coefficient (Wildman–Crippen LogP) is 2.88. The Morgan fingerprint density at radius 2 is 2.09 bits per heavy atom. The van der Waals surface area contributed by atoms with Crippen LogP contribution in [0, 0.1) is 6.92 Å². The van der Waals surface area contributed by atoms with Gasteiger partial charge in [-0.25, -0.2) is 4.68 Å². The molecule has 2 rings (SSSR count). The van der Waals surface area contributed by atoms with Crippen molar-refractivity contribution in [2.45, 2.75) is 26.8 Å². The van der Waals surface area contributed by atoms with Gasteiger partial charge in [0.1, 0.15) is 6.54 Å². The Morgan fingerprint density at radius 1 is 1.39 bits per heavy atom. The minimum Gasteiger partial charge on any atom is -0.480 e. The fourth-order valence-corrected chi connectivity index (χ4v) is 2.66. The molecule has 0 radical (unpaired) electrons. The molecule has 23 heavy (non-hydrogen) atoms. The van der Waals surface area contributed by atoms with Gasteiger partial charge in [-0.2, -0.15) is 5.10 Å². The van der Waals surface area contributed by atoms with E-state index in [0.29, 0.717) is 11.3 Å². The van der Waals surface area contributed by atoms with Crippen molar-refractivity contribution in [2.24, 2.45) is 0 Å². The number of carbonyl (C=O) groups excluding carboxylic acids is 1. The van der Waals surface area contributed by atoms with Crippen LogP contribution in [-0.2, 0) is 4.79 Å². The van der Waals surface area contributed by atoms with E-state index in [1.807, 2.05) is 24.3 Å². The van der Waals surface area contributed by atoms with E-state index in [4.69, 9.17) is 5.11 Å². The van der Waals surface area contributed by atoms with E-state index >= 15 is 0 Å². The first-order chi connectivity index (χ1) is 10.8. The van der Waals surface area contributed by atoms with E-state index in [-0.39, 0.29) is 18.5 Å². The Hall–Kier alpha value is -2.15. The van der Waals surface area contributed by atoms with E-state index in [9.17, 15) is 9.59 Å². The zero-order valence-corrected chi connectivity index (χ0v) is 14.7. The van der Waals surface area contributed by atoms with Crippen LogP contribution in [-0.4, -0.2) is 44.3 Å². The fraction of sp³-hybridized carbons (Fsp3) is 0.312. The van der Waals surface area contributed by atoms with Gasteiger partial charge in [-0.05, 0) is 39.0 Å². The van der Waals surface area contributed by atoms with Crippen molar-refractivity contribution in [1.82, 2.24) is 14.7 Å². The van der Waals surface area contributed by atoms with Gasteiger partial charge in [0.25, 0.3) is 5.91 Å². The SMILES string of the molecule is Cc1c(C(=O)N(CC(=O)O)C(C)C)cnn1-c1cccc(Br)c1. The van der Waals surface area contributed by atoms with Crippen molar-refractivity contribution in [3.8, 4) is 5.69 Å². The maximum atomic E-state index is 12.7. The number of carboxylic acid groups (broad SMARTS) is 1. The number of aliphatic carboxylic acids is 1. The number of hydrogen-bond donors (Lipinski definition) is 1. The van der Waals surface area contributed by atoms with Crippen LogP contribution >= 0.6 is 15.9 Å². The molecule has 0 aliphatic carbocycles. The zero-order valence-electron chi connectivity index (χ0n) is 13.2. The van der Waals surface area contributed by atoms with Crippen LogP contribution in [0.25, 0.3) is 5.69 Å². The summed E-state index contributed by atoms with van der Waals surface area (Å²) in [4.78, 5) is 25.0. The minimum atomic E-state index is -1.04. The first-order valence-corrected chi connectivity index (χ1v) is 7.94. The molecule has 1 aromatic carbocycles. The molecule has 0 aliphatic rings. The standard InChI is InChI=1S/C16H18BrN3O3/c1-10(2)19(9-15(21)22)16(23)14-8-18-20(11(14)3)13-6-4-5-12(17)7-13/h4-8,10H,9H2,1-3H3,(H,21,22). The average molecular weight is 380 g/mol. The van der Waals surface area contributed by atoms with Gasteiger partial charge in [-0.3, -0.25) is 9.59 Å². The predicted molar refractivity (Wildman–Crippen MR) is 89.8 cm³/mol. The highest BCUT2D eigenvalue weighted by Crippen LogP contribution is 2.19. The van der Waals surface area contributed by atoms with Crippen molar-refractivity contribution < 1.29 is 14.7 Å². The molecule has 1 aromatic heterocycles. The third-order valence-corrected chi connectivity index (χ3v) is 3.98. The van der Waals surface area contributed by atoms with Gasteiger partial charge in [-0.15, -0.1) is 0 Å². The molecule has 0 bridgehead atoms. The lowest BCUT2D eigenvalue weighted by Gasteiger charge is -2.24. The topological polar surface area (TPSA) is 75.4 Å². The summed E-state index contributed by atoms with van der Waals surface area (Å²) < 4.78 is 2.57. The normalized spacial score (nSPS) is 10.8. The van der Waals surface area contributed by atoms with E-state index in [0.717, 1.165) is 10.2 Å². The molecule has 1 N–H and O–H groups in total. The average Bonchev–Trinajstić information content (AvgIpc) is 2.85. The molecule has 0 spiro atoms. The van der Waals surface area contributed by atoms with Gasteiger partial charge in [0.2, 0.25) is 0 Å². The maximum absolute atomic E-state index is 12.7. The van der Waals surface area contributed by atoms with Crippen molar-refractivity contribution in [3.05, 3.63) is 46.2 Å². The Morgan fingerprint density at radius 3 is 2.65 bits per heavy atom. The Bertz CT molecular complexity index is 740. The highest BCUT2D eigenvalue weighted by atomic mass is 79.9. The Balaban J connectivity index is 2.38. The lowest BCUT2D eigenvalue weighted by molar-refractivity contribution is -0.138. The van der Waals surface area contributed by atoms with Crippen molar-refractivity contribution in [3.63, 3.8) is 0 Å². The quantitative estimate of drug-likeness (QED) is 0.866. The smallest absolute Gasteiger partial charge is 0.323 e. The molecule has 7 heteroatoms. The molecule has 2 aromatic rings. The molecular formula is C16H18BrN3O3. The summed E-state index contributed by atoms with van der Waals surface area (Å²) in [5.74, 6) is -1.37. The van der Waals surface area contributed by atoms with Crippen LogP contribution in [0.1, 0.15) is 29.9 Å². The van der Waals surface area contributed by atoms with Gasteiger partial charge in [0.05, 0.1) is 23.1 Å². The summed E-state index contributed by atoms with van der Waals surface area (Å²) in [5.41, 5.74) is 1.90. The van der Waals surface area contributed by atoms with Crippen LogP contribution < -0.4 is 0 Å². The second kappa shape index (κ2) is 6.95. The van der Waals surface area contributed by atoms with Gasteiger partial charge in [0, 0.05) is 10.5 Å². The molecule has 0 saturated carbocycles. The van der Waals surface area contributed by atoms with E-state index in [1.165, 1.54) is 11.1 Å². The summed E-state index contributed by atoms with van der Waals surface area (Å²) in [6, 6.07) is 7.35. The van der Waals surface area contributed by atoms with Crippen molar-refractivity contribution >= 4 is 27.8 Å². The molecule has 0 aliphatic heterocycles. The molecule has 6 nitrogen and oxygen atoms in total. The second-order valence-corrected chi connectivity index (χ2v) is 6.37. The largest absolute Gasteiger partial charge is 0.480 e. The number of nitrogens with zero attached hydrogens (tertiary/aromatic N) is 3. The monoisotopic (exact) mass is 379 g/mol. The molecule has 0 fully saturated rings. The van der Waals surface area contributed by atoms with E-state index < -0.39 is 5.97 Å². The number of amides is 1. The molecule has 0 unspecified atom stereocenters. The minimum absolute atomic E-state index is 0.216. The maximum Gasteiger partial charge on any atom is 0.323 e. The van der Waals surface area contributed by atoms with Gasteiger partial charge >= 0.3 is 5.97 Å². The number of carbonyl (C=O) groups is 2. The first kappa shape index (κ1) is 17.2. The fourth-order valence-electron chi connectivity index (χ4n) is 2.28. The summed E-state index contributed by atoms with van der Waals surface area (Å²) in [6.07, 6.45) is 1.48. The van der Waals surface area contributed by atoms with E-state index in [1.54, 1.807) is 25.5 Å². The Kier molecular flexibility index (Phi) is 5.20. The number of hydrogen-bond acceptors (Lipinski definition) is 3. The third kappa shape index (κ3) is 3.79. The highest BCUT2D eigenvalue weighted by molar-refractivity contribution is 9.10. The first-order valence-electron chi connectivity index (χ1n) is 7.14. The van der Waals surface area contributed by atoms with Gasteiger partial charge < -0.3 is 10.0 Å². The second-order valence-electron chi connectivity index (χ2n) is 5.46. The third-order valence-electron chi connectivity index (χ3n) is 3.48. The van der Waals surface area contributed by atoms with Gasteiger partial charge in [0.15, 0.2) is 0 Å². The number of carboxylic acids is 1. The summed E-state index contributed by atoms with van der Waals surface area (Å²) in [7, 11) is 0. The van der Waals surface area contributed by atoms with Gasteiger partial charge in [-0.1, -0.05) is 22.0 Å². The molecule has 1 heterocycles. The molecular weight excluding hydrogens is 362 g/mol. The van der Waals surface area contributed by atoms with Crippen LogP contribution in [0.4, 0.5) is 0 Å². The van der Waals surface area contributed by atoms with Crippen LogP contribution in [0.5, 0.6) is 0 Å². The number of rotatable bonds is 5. The zero-order chi connectivity index (χ0) is 17.1. The number of aromatic nitrogens is 2. The van der Waals surface area contributed by atoms with Crippen LogP contribution in [0.3, 0.4) is 0 Å². The van der Waals surface area contributed by atoms with Crippen LogP contribution in [0.2, 0.25) is 0 Å². The van der Waals surface area contributed by atoms with Crippen LogP contribution in [0.15, 0.2) is 34.9 Å². The summed E-state index contributed by atoms with van der Waals surface area (Å²) in [5, 5.41) is 13.3. The summed E-state index contributed by atoms with van der Waals surface area (Å²) >= 11 is 3.41. The van der Waals surface area contributed by atoms with Crippen molar-refractivity contribution in [2.75, 3.05) is 6.54 Å².